The maximum absolute atomic E-state index is 11.1. The van der Waals surface area contributed by atoms with Gasteiger partial charge in [-0.2, -0.15) is 0 Å². The molecule has 0 saturated carbocycles. The molecule has 2 aromatic rings. The molecule has 28 heavy (non-hydrogen) atoms. The number of nitrogens with one attached hydrogen (secondary N) is 1. The van der Waals surface area contributed by atoms with E-state index in [2.05, 4.69) is 46.6 Å². The van der Waals surface area contributed by atoms with Crippen molar-refractivity contribution in [1.82, 2.24) is 10.2 Å². The zero-order chi connectivity index (χ0) is 19.6. The molecule has 4 rings (SSSR count). The monoisotopic (exact) mass is 382 g/mol. The van der Waals surface area contributed by atoms with Gasteiger partial charge in [0.15, 0.2) is 0 Å². The molecule has 1 spiro atoms. The van der Waals surface area contributed by atoms with Crippen LogP contribution in [0.5, 0.6) is 5.75 Å². The maximum Gasteiger partial charge on any atom is 0.216 e. The smallest absolute Gasteiger partial charge is 0.216 e. The van der Waals surface area contributed by atoms with E-state index in [1.165, 1.54) is 16.3 Å². The van der Waals surface area contributed by atoms with E-state index >= 15 is 0 Å². The molecule has 0 unspecified atom stereocenters. The summed E-state index contributed by atoms with van der Waals surface area (Å²) < 4.78 is 11.9. The summed E-state index contributed by atoms with van der Waals surface area (Å²) in [6.45, 7) is 5.25. The van der Waals surface area contributed by atoms with Crippen LogP contribution in [-0.2, 0) is 16.1 Å². The predicted octanol–water partition coefficient (Wildman–Crippen LogP) is 3.50. The number of carbonyl (C=O) groups is 1. The summed E-state index contributed by atoms with van der Waals surface area (Å²) in [5, 5.41) is 5.34. The third kappa shape index (κ3) is 4.01. The second kappa shape index (κ2) is 8.10. The first-order chi connectivity index (χ1) is 13.6. The number of likely N-dealkylation sites (tertiary alicyclic amines) is 1. The Labute approximate surface area is 167 Å². The van der Waals surface area contributed by atoms with E-state index in [1.54, 1.807) is 14.0 Å². The molecule has 2 heterocycles. The number of hydrogen-bond donors (Lipinski definition) is 1. The van der Waals surface area contributed by atoms with Gasteiger partial charge in [-0.3, -0.25) is 9.69 Å². The first-order valence-corrected chi connectivity index (χ1v) is 10.3. The van der Waals surface area contributed by atoms with Crippen molar-refractivity contribution in [1.29, 1.82) is 0 Å². The van der Waals surface area contributed by atoms with Gasteiger partial charge in [0.05, 0.1) is 18.8 Å². The summed E-state index contributed by atoms with van der Waals surface area (Å²) in [6, 6.07) is 12.7. The van der Waals surface area contributed by atoms with Crippen molar-refractivity contribution < 1.29 is 14.3 Å². The van der Waals surface area contributed by atoms with Crippen molar-refractivity contribution >= 4 is 16.7 Å². The molecular weight excluding hydrogens is 352 g/mol. The molecule has 2 fully saturated rings. The van der Waals surface area contributed by atoms with Gasteiger partial charge in [0.1, 0.15) is 5.75 Å². The van der Waals surface area contributed by atoms with Crippen molar-refractivity contribution in [3.8, 4) is 5.75 Å². The second-order valence-corrected chi connectivity index (χ2v) is 8.15. The molecular formula is C23H30N2O3. The van der Waals surface area contributed by atoms with Gasteiger partial charge in [0.2, 0.25) is 5.91 Å². The quantitative estimate of drug-likeness (QED) is 0.860. The van der Waals surface area contributed by atoms with Crippen LogP contribution in [0.2, 0.25) is 0 Å². The zero-order valence-corrected chi connectivity index (χ0v) is 16.9. The fraction of sp³-hybridized carbons (Fsp3) is 0.522. The highest BCUT2D eigenvalue weighted by Crippen LogP contribution is 2.39. The number of hydrogen-bond acceptors (Lipinski definition) is 4. The fourth-order valence-electron chi connectivity index (χ4n) is 4.67. The lowest BCUT2D eigenvalue weighted by atomic mass is 9.88. The van der Waals surface area contributed by atoms with Crippen molar-refractivity contribution in [2.24, 2.45) is 0 Å². The normalized spacial score (nSPS) is 21.9. The minimum absolute atomic E-state index is 0.0155. The third-order valence-corrected chi connectivity index (χ3v) is 6.27. The van der Waals surface area contributed by atoms with Crippen LogP contribution in [0.4, 0.5) is 0 Å². The average Bonchev–Trinajstić information content (AvgIpc) is 3.11. The number of amides is 1. The van der Waals surface area contributed by atoms with E-state index in [0.29, 0.717) is 6.54 Å². The van der Waals surface area contributed by atoms with Crippen LogP contribution < -0.4 is 10.1 Å². The molecule has 1 atom stereocenters. The number of benzene rings is 2. The predicted molar refractivity (Wildman–Crippen MR) is 111 cm³/mol. The van der Waals surface area contributed by atoms with Gasteiger partial charge in [-0.15, -0.1) is 0 Å². The standard InChI is InChI=1S/C23H30N2O3/c1-17(26)24-15-19-9-10-23(28-19)11-13-25(14-12-23)16-18-7-8-22(27-2)21-6-4-3-5-20(18)21/h3-8,19H,9-16H2,1-2H3,(H,24,26)/t19-/m0/s1. The van der Waals surface area contributed by atoms with E-state index in [9.17, 15) is 4.79 Å². The number of rotatable bonds is 5. The molecule has 1 N–H and O–H groups in total. The van der Waals surface area contributed by atoms with Crippen LogP contribution in [0.3, 0.4) is 0 Å². The molecule has 0 radical (unpaired) electrons. The summed E-state index contributed by atoms with van der Waals surface area (Å²) in [5.41, 5.74) is 1.37. The van der Waals surface area contributed by atoms with E-state index in [1.807, 2.05) is 0 Å². The van der Waals surface area contributed by atoms with Crippen LogP contribution in [-0.4, -0.2) is 49.3 Å². The Hall–Kier alpha value is -2.11. The van der Waals surface area contributed by atoms with E-state index in [4.69, 9.17) is 9.47 Å². The maximum atomic E-state index is 11.1. The number of ether oxygens (including phenoxy) is 2. The van der Waals surface area contributed by atoms with Gasteiger partial charge in [-0.05, 0) is 42.7 Å². The second-order valence-electron chi connectivity index (χ2n) is 8.15. The van der Waals surface area contributed by atoms with Crippen molar-refractivity contribution in [2.75, 3.05) is 26.7 Å². The van der Waals surface area contributed by atoms with Crippen molar-refractivity contribution in [3.05, 3.63) is 42.0 Å². The number of piperidine rings is 1. The first kappa shape index (κ1) is 19.2. The van der Waals surface area contributed by atoms with Gasteiger partial charge in [-0.25, -0.2) is 0 Å². The van der Waals surface area contributed by atoms with E-state index in [0.717, 1.165) is 51.1 Å². The Kier molecular flexibility index (Phi) is 5.56. The van der Waals surface area contributed by atoms with Crippen molar-refractivity contribution in [3.63, 3.8) is 0 Å². The summed E-state index contributed by atoms with van der Waals surface area (Å²) in [4.78, 5) is 13.7. The highest BCUT2D eigenvalue weighted by atomic mass is 16.5. The fourth-order valence-corrected chi connectivity index (χ4v) is 4.67. The largest absolute Gasteiger partial charge is 0.496 e. The summed E-state index contributed by atoms with van der Waals surface area (Å²) in [7, 11) is 1.73. The third-order valence-electron chi connectivity index (χ3n) is 6.27. The summed E-state index contributed by atoms with van der Waals surface area (Å²) in [5.74, 6) is 0.951. The summed E-state index contributed by atoms with van der Waals surface area (Å²) in [6.07, 6.45) is 4.45. The van der Waals surface area contributed by atoms with Crippen LogP contribution in [0.1, 0.15) is 38.2 Å². The zero-order valence-electron chi connectivity index (χ0n) is 16.9. The van der Waals surface area contributed by atoms with Crippen LogP contribution >= 0.6 is 0 Å². The van der Waals surface area contributed by atoms with Gasteiger partial charge in [0.25, 0.3) is 0 Å². The first-order valence-electron chi connectivity index (χ1n) is 10.3. The number of carbonyl (C=O) groups excluding carboxylic acids is 1. The highest BCUT2D eigenvalue weighted by molar-refractivity contribution is 5.91. The Morgan fingerprint density at radius 3 is 2.64 bits per heavy atom. The lowest BCUT2D eigenvalue weighted by Crippen LogP contribution is -2.44. The number of nitrogens with zero attached hydrogens (tertiary/aromatic N) is 1. The Bertz CT molecular complexity index is 843. The van der Waals surface area contributed by atoms with E-state index in [-0.39, 0.29) is 17.6 Å². The van der Waals surface area contributed by atoms with Gasteiger partial charge < -0.3 is 14.8 Å². The van der Waals surface area contributed by atoms with Crippen LogP contribution in [0, 0.1) is 0 Å². The van der Waals surface area contributed by atoms with Crippen LogP contribution in [0.25, 0.3) is 10.8 Å². The molecule has 150 valence electrons. The SMILES string of the molecule is COc1ccc(CN2CCC3(CC[C@@H](CNC(C)=O)O3)CC2)c2ccccc12. The van der Waals surface area contributed by atoms with E-state index < -0.39 is 0 Å². The molecule has 0 aliphatic carbocycles. The molecule has 1 amide bonds. The van der Waals surface area contributed by atoms with Crippen molar-refractivity contribution in [2.45, 2.75) is 50.9 Å². The molecule has 2 aromatic carbocycles. The van der Waals surface area contributed by atoms with Gasteiger partial charge in [0, 0.05) is 38.5 Å². The molecule has 2 saturated heterocycles. The molecule has 2 aliphatic heterocycles. The number of methoxy groups -OCH3 is 1. The summed E-state index contributed by atoms with van der Waals surface area (Å²) >= 11 is 0. The lowest BCUT2D eigenvalue weighted by Gasteiger charge is -2.39. The lowest BCUT2D eigenvalue weighted by molar-refractivity contribution is -0.120. The highest BCUT2D eigenvalue weighted by Gasteiger charge is 2.42. The van der Waals surface area contributed by atoms with Gasteiger partial charge >= 0.3 is 0 Å². The topological polar surface area (TPSA) is 50.8 Å². The minimum atomic E-state index is 0.0155. The van der Waals surface area contributed by atoms with Crippen LogP contribution in [0.15, 0.2) is 36.4 Å². The molecule has 0 bridgehead atoms. The Morgan fingerprint density at radius 1 is 1.18 bits per heavy atom. The molecule has 0 aromatic heterocycles. The molecule has 5 nitrogen and oxygen atoms in total. The average molecular weight is 383 g/mol. The molecule has 5 heteroatoms. The number of fused-ring (bicyclic) bond motifs is 1. The minimum Gasteiger partial charge on any atom is -0.496 e. The van der Waals surface area contributed by atoms with Gasteiger partial charge in [-0.1, -0.05) is 30.3 Å². The molecule has 2 aliphatic rings. The Morgan fingerprint density at radius 2 is 1.93 bits per heavy atom. The Balaban J connectivity index is 1.38.